The van der Waals surface area contributed by atoms with Gasteiger partial charge in [0, 0.05) is 6.07 Å². The number of hydrogen-bond acceptors (Lipinski definition) is 4. The SMILES string of the molecule is CCCC(C)(N)C(=O)Nc1ccc(OC)nc1. The van der Waals surface area contributed by atoms with E-state index in [0.29, 0.717) is 18.0 Å². The third-order valence-electron chi connectivity index (χ3n) is 2.49. The number of aromatic nitrogens is 1. The van der Waals surface area contributed by atoms with Gasteiger partial charge in [-0.1, -0.05) is 13.3 Å². The molecule has 94 valence electrons. The largest absolute Gasteiger partial charge is 0.481 e. The smallest absolute Gasteiger partial charge is 0.244 e. The second-order valence-corrected chi connectivity index (χ2v) is 4.21. The van der Waals surface area contributed by atoms with Gasteiger partial charge in [-0.05, 0) is 19.4 Å². The number of nitrogens with zero attached hydrogens (tertiary/aromatic N) is 1. The topological polar surface area (TPSA) is 77.2 Å². The average molecular weight is 237 g/mol. The van der Waals surface area contributed by atoms with E-state index in [2.05, 4.69) is 10.3 Å². The molecule has 1 rings (SSSR count). The van der Waals surface area contributed by atoms with E-state index in [1.807, 2.05) is 6.92 Å². The van der Waals surface area contributed by atoms with Crippen LogP contribution in [0.5, 0.6) is 5.88 Å². The van der Waals surface area contributed by atoms with Crippen LogP contribution in [0.3, 0.4) is 0 Å². The van der Waals surface area contributed by atoms with Crippen molar-refractivity contribution in [3.8, 4) is 5.88 Å². The van der Waals surface area contributed by atoms with Gasteiger partial charge in [0.25, 0.3) is 0 Å². The zero-order chi connectivity index (χ0) is 12.9. The van der Waals surface area contributed by atoms with Crippen LogP contribution in [0.2, 0.25) is 0 Å². The van der Waals surface area contributed by atoms with Crippen LogP contribution >= 0.6 is 0 Å². The van der Waals surface area contributed by atoms with E-state index >= 15 is 0 Å². The molecular formula is C12H19N3O2. The molecule has 3 N–H and O–H groups in total. The van der Waals surface area contributed by atoms with Gasteiger partial charge in [0.05, 0.1) is 24.5 Å². The van der Waals surface area contributed by atoms with Crippen LogP contribution in [0.25, 0.3) is 0 Å². The van der Waals surface area contributed by atoms with Gasteiger partial charge in [0.1, 0.15) is 0 Å². The Morgan fingerprint density at radius 1 is 1.59 bits per heavy atom. The van der Waals surface area contributed by atoms with Gasteiger partial charge < -0.3 is 15.8 Å². The van der Waals surface area contributed by atoms with Gasteiger partial charge in [-0.3, -0.25) is 4.79 Å². The van der Waals surface area contributed by atoms with Crippen molar-refractivity contribution in [2.45, 2.75) is 32.2 Å². The molecule has 0 aromatic carbocycles. The Kier molecular flexibility index (Phi) is 4.45. The minimum atomic E-state index is -0.853. The minimum Gasteiger partial charge on any atom is -0.481 e. The van der Waals surface area contributed by atoms with Crippen LogP contribution in [0, 0.1) is 0 Å². The minimum absolute atomic E-state index is 0.202. The van der Waals surface area contributed by atoms with Crippen LogP contribution in [-0.4, -0.2) is 23.5 Å². The van der Waals surface area contributed by atoms with Crippen molar-refractivity contribution in [1.29, 1.82) is 0 Å². The first kappa shape index (κ1) is 13.4. The molecule has 0 saturated carbocycles. The van der Waals surface area contributed by atoms with Crippen LogP contribution in [0.1, 0.15) is 26.7 Å². The van der Waals surface area contributed by atoms with E-state index in [1.54, 1.807) is 32.4 Å². The lowest BCUT2D eigenvalue weighted by Crippen LogP contribution is -2.48. The summed E-state index contributed by atoms with van der Waals surface area (Å²) in [6.07, 6.45) is 3.04. The van der Waals surface area contributed by atoms with Gasteiger partial charge in [0.15, 0.2) is 0 Å². The lowest BCUT2D eigenvalue weighted by molar-refractivity contribution is -0.120. The first-order chi connectivity index (χ1) is 7.99. The van der Waals surface area contributed by atoms with E-state index in [4.69, 9.17) is 10.5 Å². The Morgan fingerprint density at radius 3 is 2.76 bits per heavy atom. The second-order valence-electron chi connectivity index (χ2n) is 4.21. The molecule has 5 nitrogen and oxygen atoms in total. The maximum atomic E-state index is 11.9. The van der Waals surface area contributed by atoms with Crippen LogP contribution in [-0.2, 0) is 4.79 Å². The molecule has 1 aromatic heterocycles. The fraction of sp³-hybridized carbons (Fsp3) is 0.500. The Balaban J connectivity index is 2.67. The van der Waals surface area contributed by atoms with Crippen molar-refractivity contribution in [2.24, 2.45) is 5.73 Å². The van der Waals surface area contributed by atoms with E-state index in [9.17, 15) is 4.79 Å². The third kappa shape index (κ3) is 3.71. The number of hydrogen-bond donors (Lipinski definition) is 2. The first-order valence-electron chi connectivity index (χ1n) is 5.60. The lowest BCUT2D eigenvalue weighted by Gasteiger charge is -2.22. The van der Waals surface area contributed by atoms with Crippen molar-refractivity contribution in [1.82, 2.24) is 4.98 Å². The molecule has 0 radical (unpaired) electrons. The normalized spacial score (nSPS) is 13.9. The van der Waals surface area contributed by atoms with Gasteiger partial charge in [-0.2, -0.15) is 0 Å². The molecule has 0 spiro atoms. The molecular weight excluding hydrogens is 218 g/mol. The Morgan fingerprint density at radius 2 is 2.29 bits per heavy atom. The fourth-order valence-corrected chi connectivity index (χ4v) is 1.48. The molecule has 0 aliphatic rings. The summed E-state index contributed by atoms with van der Waals surface area (Å²) in [4.78, 5) is 15.9. The molecule has 1 aromatic rings. The number of nitrogens with one attached hydrogen (secondary N) is 1. The van der Waals surface area contributed by atoms with Crippen molar-refractivity contribution in [3.63, 3.8) is 0 Å². The van der Waals surface area contributed by atoms with Crippen LogP contribution in [0.15, 0.2) is 18.3 Å². The second kappa shape index (κ2) is 5.63. The molecule has 17 heavy (non-hydrogen) atoms. The standard InChI is InChI=1S/C12H19N3O2/c1-4-7-12(2,13)11(16)15-9-5-6-10(17-3)14-8-9/h5-6,8H,4,7,13H2,1-3H3,(H,15,16). The first-order valence-corrected chi connectivity index (χ1v) is 5.60. The van der Waals surface area contributed by atoms with Crippen molar-refractivity contribution < 1.29 is 9.53 Å². The van der Waals surface area contributed by atoms with E-state index in [-0.39, 0.29) is 5.91 Å². The summed E-state index contributed by atoms with van der Waals surface area (Å²) in [6, 6.07) is 3.41. The predicted octanol–water partition coefficient (Wildman–Crippen LogP) is 1.55. The maximum absolute atomic E-state index is 11.9. The summed E-state index contributed by atoms with van der Waals surface area (Å²) in [5.41, 5.74) is 5.68. The molecule has 1 amide bonds. The Hall–Kier alpha value is -1.62. The molecule has 0 fully saturated rings. The van der Waals surface area contributed by atoms with E-state index in [1.165, 1.54) is 0 Å². The highest BCUT2D eigenvalue weighted by atomic mass is 16.5. The number of ether oxygens (including phenoxy) is 1. The third-order valence-corrected chi connectivity index (χ3v) is 2.49. The van der Waals surface area contributed by atoms with Gasteiger partial charge in [-0.15, -0.1) is 0 Å². The molecule has 1 unspecified atom stereocenters. The number of carbonyl (C=O) groups is 1. The highest BCUT2D eigenvalue weighted by Gasteiger charge is 2.27. The zero-order valence-electron chi connectivity index (χ0n) is 10.5. The van der Waals surface area contributed by atoms with E-state index in [0.717, 1.165) is 6.42 Å². The molecule has 5 heteroatoms. The monoisotopic (exact) mass is 237 g/mol. The predicted molar refractivity (Wildman–Crippen MR) is 66.9 cm³/mol. The van der Waals surface area contributed by atoms with E-state index < -0.39 is 5.54 Å². The molecule has 0 bridgehead atoms. The lowest BCUT2D eigenvalue weighted by atomic mass is 9.96. The fourth-order valence-electron chi connectivity index (χ4n) is 1.48. The molecule has 1 heterocycles. The number of carbonyl (C=O) groups excluding carboxylic acids is 1. The van der Waals surface area contributed by atoms with Crippen molar-refractivity contribution in [2.75, 3.05) is 12.4 Å². The van der Waals surface area contributed by atoms with Crippen LogP contribution < -0.4 is 15.8 Å². The van der Waals surface area contributed by atoms with Gasteiger partial charge in [0.2, 0.25) is 11.8 Å². The molecule has 0 aliphatic heterocycles. The van der Waals surface area contributed by atoms with Gasteiger partial charge in [-0.25, -0.2) is 4.98 Å². The summed E-state index contributed by atoms with van der Waals surface area (Å²) in [5.74, 6) is 0.304. The van der Waals surface area contributed by atoms with Crippen molar-refractivity contribution >= 4 is 11.6 Å². The number of pyridine rings is 1. The highest BCUT2D eigenvalue weighted by molar-refractivity contribution is 5.97. The highest BCUT2D eigenvalue weighted by Crippen LogP contribution is 2.15. The summed E-state index contributed by atoms with van der Waals surface area (Å²) in [6.45, 7) is 3.72. The van der Waals surface area contributed by atoms with Crippen LogP contribution in [0.4, 0.5) is 5.69 Å². The summed E-state index contributed by atoms with van der Waals surface area (Å²) in [7, 11) is 1.54. The maximum Gasteiger partial charge on any atom is 0.244 e. The quantitative estimate of drug-likeness (QED) is 0.814. The molecule has 1 atom stereocenters. The van der Waals surface area contributed by atoms with Crippen molar-refractivity contribution in [3.05, 3.63) is 18.3 Å². The number of nitrogens with two attached hydrogens (primary N) is 1. The summed E-state index contributed by atoms with van der Waals surface area (Å²) in [5, 5.41) is 2.74. The molecule has 0 aliphatic carbocycles. The van der Waals surface area contributed by atoms with Gasteiger partial charge >= 0.3 is 0 Å². The molecule has 0 saturated heterocycles. The summed E-state index contributed by atoms with van der Waals surface area (Å²) >= 11 is 0. The zero-order valence-corrected chi connectivity index (χ0v) is 10.5. The Bertz CT molecular complexity index is 374. The Labute approximate surface area is 101 Å². The average Bonchev–Trinajstić information content (AvgIpc) is 2.30. The number of amides is 1. The summed E-state index contributed by atoms with van der Waals surface area (Å²) < 4.78 is 4.93. The number of rotatable bonds is 5. The number of anilines is 1. The number of methoxy groups -OCH3 is 1.